The van der Waals surface area contributed by atoms with Crippen LogP contribution >= 0.6 is 0 Å². The monoisotopic (exact) mass is 313 g/mol. The van der Waals surface area contributed by atoms with Gasteiger partial charge in [0.25, 0.3) is 5.91 Å². The second kappa shape index (κ2) is 5.80. The molecule has 5 nitrogen and oxygen atoms in total. The highest BCUT2D eigenvalue weighted by atomic mass is 19.4. The number of hydrogen-bond donors (Lipinski definition) is 2. The third-order valence-electron chi connectivity index (χ3n) is 2.92. The Balaban J connectivity index is 2.33. The van der Waals surface area contributed by atoms with Crippen molar-refractivity contribution in [1.82, 2.24) is 4.98 Å². The summed E-state index contributed by atoms with van der Waals surface area (Å²) in [4.78, 5) is 16.0. The molecule has 0 bridgehead atoms. The number of aryl methyl sites for hydroxylation is 2. The van der Waals surface area contributed by atoms with Crippen LogP contribution in [0.5, 0.6) is 0 Å². The minimum absolute atomic E-state index is 0.00581. The number of carbonyl (C=O) groups is 1. The van der Waals surface area contributed by atoms with Crippen LogP contribution in [0.4, 0.5) is 18.9 Å². The van der Waals surface area contributed by atoms with Crippen LogP contribution in [0.1, 0.15) is 33.3 Å². The Bertz CT molecular complexity index is 708. The van der Waals surface area contributed by atoms with Gasteiger partial charge in [-0.05, 0) is 30.7 Å². The standard InChI is InChI=1S/C14H14F3N3O2/c1-7-12(22-8(2)19-7)13(21)20-11-4-9(6-18)3-10(5-11)14(15,16)17/h3-5H,6,18H2,1-2H3,(H,20,21). The number of nitrogens with zero attached hydrogens (tertiary/aromatic N) is 1. The number of halogens is 3. The van der Waals surface area contributed by atoms with Gasteiger partial charge in [0.1, 0.15) is 0 Å². The molecule has 118 valence electrons. The van der Waals surface area contributed by atoms with Crippen LogP contribution in [-0.2, 0) is 12.7 Å². The van der Waals surface area contributed by atoms with Crippen molar-refractivity contribution in [2.75, 3.05) is 5.32 Å². The first kappa shape index (κ1) is 16.0. The van der Waals surface area contributed by atoms with Gasteiger partial charge in [-0.25, -0.2) is 4.98 Å². The molecule has 3 N–H and O–H groups in total. The summed E-state index contributed by atoms with van der Waals surface area (Å²) in [6, 6.07) is 3.17. The maximum atomic E-state index is 12.8. The zero-order valence-electron chi connectivity index (χ0n) is 11.9. The molecular formula is C14H14F3N3O2. The van der Waals surface area contributed by atoms with Crippen molar-refractivity contribution in [3.8, 4) is 0 Å². The van der Waals surface area contributed by atoms with Gasteiger partial charge < -0.3 is 15.5 Å². The molecule has 2 rings (SSSR count). The van der Waals surface area contributed by atoms with E-state index in [-0.39, 0.29) is 23.6 Å². The van der Waals surface area contributed by atoms with Crippen LogP contribution < -0.4 is 11.1 Å². The molecule has 0 saturated carbocycles. The molecule has 0 fully saturated rings. The smallest absolute Gasteiger partial charge is 0.416 e. The molecule has 1 amide bonds. The Morgan fingerprint density at radius 3 is 2.50 bits per heavy atom. The van der Waals surface area contributed by atoms with Gasteiger partial charge in [0.2, 0.25) is 5.76 Å². The molecule has 8 heteroatoms. The molecule has 1 aromatic heterocycles. The van der Waals surface area contributed by atoms with Crippen LogP contribution in [0.15, 0.2) is 22.6 Å². The van der Waals surface area contributed by atoms with Gasteiger partial charge in [-0.15, -0.1) is 0 Å². The SMILES string of the molecule is Cc1nc(C)c(C(=O)Nc2cc(CN)cc(C(F)(F)F)c2)o1. The fraction of sp³-hybridized carbons (Fsp3) is 0.286. The molecule has 2 aromatic rings. The lowest BCUT2D eigenvalue weighted by molar-refractivity contribution is -0.137. The van der Waals surface area contributed by atoms with Gasteiger partial charge in [0.15, 0.2) is 5.89 Å². The van der Waals surface area contributed by atoms with E-state index in [2.05, 4.69) is 10.3 Å². The van der Waals surface area contributed by atoms with E-state index in [1.807, 2.05) is 0 Å². The van der Waals surface area contributed by atoms with Gasteiger partial charge in [-0.2, -0.15) is 13.2 Å². The predicted molar refractivity (Wildman–Crippen MR) is 73.3 cm³/mol. The van der Waals surface area contributed by atoms with Crippen LogP contribution in [0, 0.1) is 13.8 Å². The summed E-state index contributed by atoms with van der Waals surface area (Å²) in [6.07, 6.45) is -4.52. The first-order valence-electron chi connectivity index (χ1n) is 6.37. The van der Waals surface area contributed by atoms with E-state index >= 15 is 0 Å². The van der Waals surface area contributed by atoms with Crippen molar-refractivity contribution < 1.29 is 22.4 Å². The summed E-state index contributed by atoms with van der Waals surface area (Å²) in [7, 11) is 0. The Hall–Kier alpha value is -2.35. The molecular weight excluding hydrogens is 299 g/mol. The van der Waals surface area contributed by atoms with Crippen LogP contribution in [-0.4, -0.2) is 10.9 Å². The van der Waals surface area contributed by atoms with E-state index in [1.165, 1.54) is 6.07 Å². The number of benzene rings is 1. The molecule has 0 atom stereocenters. The van der Waals surface area contributed by atoms with Crippen molar-refractivity contribution in [2.45, 2.75) is 26.6 Å². The zero-order valence-corrected chi connectivity index (χ0v) is 11.9. The number of aromatic nitrogens is 1. The lowest BCUT2D eigenvalue weighted by Gasteiger charge is -2.12. The van der Waals surface area contributed by atoms with Crippen LogP contribution in [0.2, 0.25) is 0 Å². The van der Waals surface area contributed by atoms with Crippen molar-refractivity contribution in [3.05, 3.63) is 46.7 Å². The highest BCUT2D eigenvalue weighted by molar-refractivity contribution is 6.03. The Morgan fingerprint density at radius 2 is 2.00 bits per heavy atom. The van der Waals surface area contributed by atoms with Crippen LogP contribution in [0.3, 0.4) is 0 Å². The summed E-state index contributed by atoms with van der Waals surface area (Å²) >= 11 is 0. The number of hydrogen-bond acceptors (Lipinski definition) is 4. The van der Waals surface area contributed by atoms with E-state index in [1.54, 1.807) is 13.8 Å². The fourth-order valence-corrected chi connectivity index (χ4v) is 1.98. The first-order valence-corrected chi connectivity index (χ1v) is 6.37. The summed E-state index contributed by atoms with van der Waals surface area (Å²) < 4.78 is 43.6. The molecule has 0 spiro atoms. The number of oxazole rings is 1. The molecule has 0 radical (unpaired) electrons. The summed E-state index contributed by atoms with van der Waals surface area (Å²) in [5.41, 5.74) is 5.13. The van der Waals surface area contributed by atoms with Gasteiger partial charge in [-0.1, -0.05) is 0 Å². The molecule has 0 aliphatic heterocycles. The number of carbonyl (C=O) groups excluding carboxylic acids is 1. The Kier molecular flexibility index (Phi) is 4.23. The normalized spacial score (nSPS) is 11.5. The van der Waals surface area contributed by atoms with Gasteiger partial charge in [-0.3, -0.25) is 4.79 Å². The average Bonchev–Trinajstić information content (AvgIpc) is 2.76. The van der Waals surface area contributed by atoms with Crippen LogP contribution in [0.25, 0.3) is 0 Å². The quantitative estimate of drug-likeness (QED) is 0.912. The van der Waals surface area contributed by atoms with Crippen molar-refractivity contribution in [2.24, 2.45) is 5.73 Å². The maximum absolute atomic E-state index is 12.8. The fourth-order valence-electron chi connectivity index (χ4n) is 1.98. The molecule has 0 aliphatic carbocycles. The van der Waals surface area contributed by atoms with Crippen molar-refractivity contribution in [3.63, 3.8) is 0 Å². The highest BCUT2D eigenvalue weighted by Gasteiger charge is 2.31. The Morgan fingerprint density at radius 1 is 1.32 bits per heavy atom. The third kappa shape index (κ3) is 3.45. The molecule has 0 unspecified atom stereocenters. The van der Waals surface area contributed by atoms with E-state index in [9.17, 15) is 18.0 Å². The minimum atomic E-state index is -4.52. The average molecular weight is 313 g/mol. The molecule has 0 saturated heterocycles. The number of amides is 1. The van der Waals surface area contributed by atoms with Crippen molar-refractivity contribution >= 4 is 11.6 Å². The summed E-state index contributed by atoms with van der Waals surface area (Å²) in [5.74, 6) is -0.404. The third-order valence-corrected chi connectivity index (χ3v) is 2.92. The minimum Gasteiger partial charge on any atom is -0.436 e. The van der Waals surface area contributed by atoms with E-state index in [0.29, 0.717) is 11.6 Å². The van der Waals surface area contributed by atoms with E-state index in [0.717, 1.165) is 12.1 Å². The molecule has 1 aromatic carbocycles. The second-order valence-corrected chi connectivity index (χ2v) is 4.72. The Labute approximate surface area is 124 Å². The largest absolute Gasteiger partial charge is 0.436 e. The van der Waals surface area contributed by atoms with Crippen molar-refractivity contribution in [1.29, 1.82) is 0 Å². The molecule has 1 heterocycles. The van der Waals surface area contributed by atoms with Gasteiger partial charge >= 0.3 is 6.18 Å². The first-order chi connectivity index (χ1) is 10.2. The number of anilines is 1. The van der Waals surface area contributed by atoms with E-state index < -0.39 is 17.6 Å². The molecule has 0 aliphatic rings. The lowest BCUT2D eigenvalue weighted by atomic mass is 10.1. The van der Waals surface area contributed by atoms with Gasteiger partial charge in [0.05, 0.1) is 11.3 Å². The summed E-state index contributed by atoms with van der Waals surface area (Å²) in [6.45, 7) is 3.07. The second-order valence-electron chi connectivity index (χ2n) is 4.72. The highest BCUT2D eigenvalue weighted by Crippen LogP contribution is 2.32. The number of rotatable bonds is 3. The summed E-state index contributed by atoms with van der Waals surface area (Å²) in [5, 5.41) is 2.37. The van der Waals surface area contributed by atoms with E-state index in [4.69, 9.17) is 10.2 Å². The predicted octanol–water partition coefficient (Wildman–Crippen LogP) is 3.02. The number of nitrogens with one attached hydrogen (secondary N) is 1. The lowest BCUT2D eigenvalue weighted by Crippen LogP contribution is -2.14. The zero-order chi connectivity index (χ0) is 16.5. The number of nitrogens with two attached hydrogens (primary N) is 1. The van der Waals surface area contributed by atoms with Gasteiger partial charge in [0, 0.05) is 19.2 Å². The molecule has 22 heavy (non-hydrogen) atoms. The maximum Gasteiger partial charge on any atom is 0.416 e. The number of alkyl halides is 3. The topological polar surface area (TPSA) is 81.2 Å².